The molecule has 1 aromatic carbocycles. The molecule has 0 aliphatic heterocycles. The molecule has 0 aromatic heterocycles. The van der Waals surface area contributed by atoms with Crippen molar-refractivity contribution in [2.75, 3.05) is 11.9 Å². The Morgan fingerprint density at radius 3 is 2.63 bits per heavy atom. The minimum atomic E-state index is -0.889. The first-order valence-electron chi connectivity index (χ1n) is 6.05. The summed E-state index contributed by atoms with van der Waals surface area (Å²) in [5.41, 5.74) is -0.557. The lowest BCUT2D eigenvalue weighted by Crippen LogP contribution is -2.25. The molecule has 6 heteroatoms. The maximum Gasteiger partial charge on any atom is 0.327 e. The number of nitro benzene ring substituents is 1. The number of para-hydroxylation sites is 1. The molecule has 1 unspecified atom stereocenters. The van der Waals surface area contributed by atoms with Crippen molar-refractivity contribution in [2.24, 2.45) is 5.41 Å². The molecular weight excluding hydrogens is 251 g/mol. The van der Waals surface area contributed by atoms with Gasteiger partial charge in [-0.15, -0.1) is 0 Å². The Labute approximate surface area is 111 Å². The van der Waals surface area contributed by atoms with Crippen LogP contribution in [0.2, 0.25) is 0 Å². The SMILES string of the molecule is CC(C)(C)CC(O)CNc1cccc(F)c1[N+](=O)[O-]. The maximum atomic E-state index is 13.4. The van der Waals surface area contributed by atoms with Crippen molar-refractivity contribution in [1.29, 1.82) is 0 Å². The lowest BCUT2D eigenvalue weighted by atomic mass is 9.89. The molecule has 19 heavy (non-hydrogen) atoms. The number of aliphatic hydroxyl groups excluding tert-OH is 1. The number of halogens is 1. The zero-order valence-electron chi connectivity index (χ0n) is 11.3. The summed E-state index contributed by atoms with van der Waals surface area (Å²) in [6.45, 7) is 6.10. The van der Waals surface area contributed by atoms with E-state index in [0.29, 0.717) is 6.42 Å². The monoisotopic (exact) mass is 270 g/mol. The highest BCUT2D eigenvalue weighted by atomic mass is 19.1. The first-order valence-corrected chi connectivity index (χ1v) is 6.05. The molecule has 0 saturated heterocycles. The minimum Gasteiger partial charge on any atom is -0.391 e. The molecule has 1 aromatic rings. The van der Waals surface area contributed by atoms with Gasteiger partial charge in [0.25, 0.3) is 0 Å². The van der Waals surface area contributed by atoms with Crippen LogP contribution in [0.3, 0.4) is 0 Å². The van der Waals surface area contributed by atoms with Crippen molar-refractivity contribution in [2.45, 2.75) is 33.3 Å². The highest BCUT2D eigenvalue weighted by Crippen LogP contribution is 2.27. The van der Waals surface area contributed by atoms with Gasteiger partial charge in [0.15, 0.2) is 0 Å². The third-order valence-corrected chi connectivity index (χ3v) is 2.55. The van der Waals surface area contributed by atoms with Gasteiger partial charge in [-0.25, -0.2) is 0 Å². The van der Waals surface area contributed by atoms with E-state index in [1.54, 1.807) is 0 Å². The number of benzene rings is 1. The summed E-state index contributed by atoms with van der Waals surface area (Å²) in [6.07, 6.45) is -0.105. The van der Waals surface area contributed by atoms with Crippen LogP contribution in [-0.4, -0.2) is 22.7 Å². The predicted octanol–water partition coefficient (Wildman–Crippen LogP) is 2.94. The second kappa shape index (κ2) is 5.97. The molecule has 0 fully saturated rings. The zero-order chi connectivity index (χ0) is 14.6. The van der Waals surface area contributed by atoms with E-state index in [2.05, 4.69) is 5.32 Å². The van der Waals surface area contributed by atoms with Crippen LogP contribution in [0.5, 0.6) is 0 Å². The summed E-state index contributed by atoms with van der Waals surface area (Å²) in [4.78, 5) is 10.0. The van der Waals surface area contributed by atoms with E-state index in [1.807, 2.05) is 20.8 Å². The molecule has 5 nitrogen and oxygen atoms in total. The highest BCUT2D eigenvalue weighted by molar-refractivity contribution is 5.61. The third kappa shape index (κ3) is 4.82. The van der Waals surface area contributed by atoms with Gasteiger partial charge in [0.2, 0.25) is 5.82 Å². The number of hydrogen-bond donors (Lipinski definition) is 2. The predicted molar refractivity (Wildman–Crippen MR) is 71.6 cm³/mol. The van der Waals surface area contributed by atoms with Gasteiger partial charge in [-0.3, -0.25) is 10.1 Å². The van der Waals surface area contributed by atoms with Gasteiger partial charge in [0, 0.05) is 6.54 Å². The van der Waals surface area contributed by atoms with Crippen LogP contribution in [0.25, 0.3) is 0 Å². The van der Waals surface area contributed by atoms with E-state index in [4.69, 9.17) is 0 Å². The van der Waals surface area contributed by atoms with Crippen LogP contribution < -0.4 is 5.32 Å². The fraction of sp³-hybridized carbons (Fsp3) is 0.538. The van der Waals surface area contributed by atoms with Gasteiger partial charge < -0.3 is 10.4 Å². The zero-order valence-corrected chi connectivity index (χ0v) is 11.3. The molecule has 0 aliphatic carbocycles. The minimum absolute atomic E-state index is 0.0467. The number of hydrogen-bond acceptors (Lipinski definition) is 4. The van der Waals surface area contributed by atoms with Gasteiger partial charge in [0.1, 0.15) is 5.69 Å². The van der Waals surface area contributed by atoms with Gasteiger partial charge in [-0.05, 0) is 24.0 Å². The second-order valence-electron chi connectivity index (χ2n) is 5.69. The molecule has 1 atom stereocenters. The molecule has 0 amide bonds. The van der Waals surface area contributed by atoms with Crippen molar-refractivity contribution in [1.82, 2.24) is 0 Å². The van der Waals surface area contributed by atoms with Crippen LogP contribution in [0.1, 0.15) is 27.2 Å². The third-order valence-electron chi connectivity index (χ3n) is 2.55. The first kappa shape index (κ1) is 15.4. The summed E-state index contributed by atoms with van der Waals surface area (Å²) < 4.78 is 13.4. The maximum absolute atomic E-state index is 13.4. The van der Waals surface area contributed by atoms with Gasteiger partial charge in [0.05, 0.1) is 11.0 Å². The molecule has 0 aliphatic rings. The van der Waals surface area contributed by atoms with E-state index in [0.717, 1.165) is 6.07 Å². The lowest BCUT2D eigenvalue weighted by Gasteiger charge is -2.22. The van der Waals surface area contributed by atoms with E-state index in [9.17, 15) is 19.6 Å². The Morgan fingerprint density at radius 1 is 1.47 bits per heavy atom. The van der Waals surface area contributed by atoms with E-state index >= 15 is 0 Å². The molecule has 1 rings (SSSR count). The summed E-state index contributed by atoms with van der Waals surface area (Å²) in [6, 6.07) is 3.85. The molecule has 0 heterocycles. The van der Waals surface area contributed by atoms with Crippen molar-refractivity contribution in [3.63, 3.8) is 0 Å². The lowest BCUT2D eigenvalue weighted by molar-refractivity contribution is -0.386. The highest BCUT2D eigenvalue weighted by Gasteiger charge is 2.21. The van der Waals surface area contributed by atoms with Crippen LogP contribution in [-0.2, 0) is 0 Å². The normalized spacial score (nSPS) is 13.1. The number of anilines is 1. The Bertz CT molecular complexity index is 458. The molecule has 0 bridgehead atoms. The summed E-state index contributed by atoms with van der Waals surface area (Å²) in [5, 5.41) is 23.3. The fourth-order valence-electron chi connectivity index (χ4n) is 1.85. The number of aliphatic hydroxyl groups is 1. The van der Waals surface area contributed by atoms with Crippen molar-refractivity contribution in [3.05, 3.63) is 34.1 Å². The molecule has 0 saturated carbocycles. The molecular formula is C13H19FN2O3. The van der Waals surface area contributed by atoms with Crippen LogP contribution >= 0.6 is 0 Å². The van der Waals surface area contributed by atoms with E-state index < -0.39 is 22.5 Å². The smallest absolute Gasteiger partial charge is 0.327 e. The van der Waals surface area contributed by atoms with Crippen molar-refractivity contribution < 1.29 is 14.4 Å². The summed E-state index contributed by atoms with van der Waals surface area (Å²) in [5.74, 6) is -0.889. The van der Waals surface area contributed by atoms with Gasteiger partial charge in [-0.1, -0.05) is 26.8 Å². The van der Waals surface area contributed by atoms with Gasteiger partial charge in [-0.2, -0.15) is 4.39 Å². The quantitative estimate of drug-likeness (QED) is 0.637. The topological polar surface area (TPSA) is 75.4 Å². The Hall–Kier alpha value is -1.69. The number of nitro groups is 1. The largest absolute Gasteiger partial charge is 0.391 e. The summed E-state index contributed by atoms with van der Waals surface area (Å²) >= 11 is 0. The number of nitrogens with one attached hydrogen (secondary N) is 1. The van der Waals surface area contributed by atoms with E-state index in [1.165, 1.54) is 12.1 Å². The van der Waals surface area contributed by atoms with Crippen molar-refractivity contribution >= 4 is 11.4 Å². The molecule has 2 N–H and O–H groups in total. The van der Waals surface area contributed by atoms with Crippen LogP contribution in [0, 0.1) is 21.3 Å². The molecule has 106 valence electrons. The average Bonchev–Trinajstić information content (AvgIpc) is 2.23. The average molecular weight is 270 g/mol. The Balaban J connectivity index is 2.73. The Kier molecular flexibility index (Phi) is 4.83. The number of nitrogens with zero attached hydrogens (tertiary/aromatic N) is 1. The Morgan fingerprint density at radius 2 is 2.11 bits per heavy atom. The summed E-state index contributed by atoms with van der Waals surface area (Å²) in [7, 11) is 0. The van der Waals surface area contributed by atoms with Crippen LogP contribution in [0.15, 0.2) is 18.2 Å². The van der Waals surface area contributed by atoms with Crippen LogP contribution in [0.4, 0.5) is 15.8 Å². The van der Waals surface area contributed by atoms with Crippen molar-refractivity contribution in [3.8, 4) is 0 Å². The van der Waals surface area contributed by atoms with E-state index in [-0.39, 0.29) is 17.6 Å². The molecule has 0 spiro atoms. The van der Waals surface area contributed by atoms with Gasteiger partial charge >= 0.3 is 5.69 Å². The fourth-order valence-corrected chi connectivity index (χ4v) is 1.85. The molecule has 0 radical (unpaired) electrons. The standard InChI is InChI=1S/C13H19FN2O3/c1-13(2,3)7-9(17)8-15-11-6-4-5-10(14)12(11)16(18)19/h4-6,9,15,17H,7-8H2,1-3H3. The first-order chi connectivity index (χ1) is 8.70. The second-order valence-corrected chi connectivity index (χ2v) is 5.69. The number of rotatable bonds is 5.